The van der Waals surface area contributed by atoms with Crippen molar-refractivity contribution in [2.75, 3.05) is 6.54 Å². The third-order valence-electron chi connectivity index (χ3n) is 2.54. The summed E-state index contributed by atoms with van der Waals surface area (Å²) in [6.07, 6.45) is 0.547. The molecule has 0 saturated heterocycles. The lowest BCUT2D eigenvalue weighted by Crippen LogP contribution is -2.06. The summed E-state index contributed by atoms with van der Waals surface area (Å²) in [5.41, 5.74) is 7.69. The highest BCUT2D eigenvalue weighted by molar-refractivity contribution is 7.15. The molecule has 0 bridgehead atoms. The number of aryl methyl sites for hydroxylation is 1. The van der Waals surface area contributed by atoms with Crippen LogP contribution in [0.15, 0.2) is 24.3 Å². The van der Waals surface area contributed by atoms with Crippen molar-refractivity contribution in [3.63, 3.8) is 0 Å². The quantitative estimate of drug-likeness (QED) is 0.886. The second kappa shape index (κ2) is 5.29. The Labute approximate surface area is 109 Å². The van der Waals surface area contributed by atoms with Gasteiger partial charge in [0.25, 0.3) is 0 Å². The number of benzene rings is 1. The molecule has 0 spiro atoms. The van der Waals surface area contributed by atoms with Gasteiger partial charge in [0.2, 0.25) is 0 Å². The molecule has 0 unspecified atom stereocenters. The minimum atomic E-state index is -0.992. The van der Waals surface area contributed by atoms with Crippen LogP contribution >= 0.6 is 11.3 Å². The smallest absolute Gasteiger partial charge is 0.355 e. The minimum Gasteiger partial charge on any atom is -0.476 e. The van der Waals surface area contributed by atoms with Crippen molar-refractivity contribution in [3.05, 3.63) is 40.4 Å². The van der Waals surface area contributed by atoms with Crippen LogP contribution in [0.2, 0.25) is 0 Å². The lowest BCUT2D eigenvalue weighted by molar-refractivity contribution is 0.0690. The fourth-order valence-corrected chi connectivity index (χ4v) is 2.79. The van der Waals surface area contributed by atoms with Crippen LogP contribution in [-0.2, 0) is 6.42 Å². The van der Waals surface area contributed by atoms with Crippen molar-refractivity contribution in [2.24, 2.45) is 5.73 Å². The summed E-state index contributed by atoms with van der Waals surface area (Å²) in [7, 11) is 0. The Morgan fingerprint density at radius 2 is 2.28 bits per heavy atom. The molecular weight excluding hydrogens is 248 g/mol. The van der Waals surface area contributed by atoms with E-state index in [0.29, 0.717) is 13.0 Å². The number of nitrogens with zero attached hydrogens (tertiary/aromatic N) is 1. The van der Waals surface area contributed by atoms with Gasteiger partial charge in [-0.3, -0.25) is 0 Å². The van der Waals surface area contributed by atoms with E-state index >= 15 is 0 Å². The van der Waals surface area contributed by atoms with Gasteiger partial charge < -0.3 is 10.8 Å². The SMILES string of the molecule is Cc1cccc(-c2nc(C(=O)O)c(CCN)s2)c1. The molecule has 2 rings (SSSR count). The Morgan fingerprint density at radius 1 is 1.50 bits per heavy atom. The van der Waals surface area contributed by atoms with Gasteiger partial charge in [0.05, 0.1) is 0 Å². The van der Waals surface area contributed by atoms with Crippen LogP contribution in [0.25, 0.3) is 10.6 Å². The second-order valence-corrected chi connectivity index (χ2v) is 5.09. The van der Waals surface area contributed by atoms with Crippen LogP contribution in [-0.4, -0.2) is 22.6 Å². The summed E-state index contributed by atoms with van der Waals surface area (Å²) < 4.78 is 0. The minimum absolute atomic E-state index is 0.127. The first-order chi connectivity index (χ1) is 8.61. The van der Waals surface area contributed by atoms with Crippen LogP contribution < -0.4 is 5.73 Å². The lowest BCUT2D eigenvalue weighted by Gasteiger charge is -1.96. The summed E-state index contributed by atoms with van der Waals surface area (Å²) in [6.45, 7) is 2.42. The standard InChI is InChI=1S/C13H14N2O2S/c1-8-3-2-4-9(7-8)12-15-11(13(16)17)10(18-12)5-6-14/h2-4,7H,5-6,14H2,1H3,(H,16,17). The topological polar surface area (TPSA) is 76.2 Å². The first-order valence-corrected chi connectivity index (χ1v) is 6.43. The van der Waals surface area contributed by atoms with E-state index in [9.17, 15) is 4.79 Å². The molecule has 0 atom stereocenters. The molecule has 94 valence electrons. The Hall–Kier alpha value is -1.72. The van der Waals surface area contributed by atoms with Crippen LogP contribution in [0.4, 0.5) is 0 Å². The number of nitrogens with two attached hydrogens (primary N) is 1. The number of hydrogen-bond donors (Lipinski definition) is 2. The third-order valence-corrected chi connectivity index (χ3v) is 3.70. The highest BCUT2D eigenvalue weighted by Crippen LogP contribution is 2.29. The van der Waals surface area contributed by atoms with Gasteiger partial charge >= 0.3 is 5.97 Å². The van der Waals surface area contributed by atoms with Crippen molar-refractivity contribution < 1.29 is 9.90 Å². The van der Waals surface area contributed by atoms with Gasteiger partial charge in [0, 0.05) is 10.4 Å². The first kappa shape index (κ1) is 12.7. The zero-order valence-corrected chi connectivity index (χ0v) is 10.8. The van der Waals surface area contributed by atoms with Gasteiger partial charge in [0.1, 0.15) is 5.01 Å². The predicted octanol–water partition coefficient (Wildman–Crippen LogP) is 2.32. The lowest BCUT2D eigenvalue weighted by atomic mass is 10.1. The van der Waals surface area contributed by atoms with Gasteiger partial charge in [-0.2, -0.15) is 0 Å². The molecule has 0 amide bonds. The van der Waals surface area contributed by atoms with E-state index in [-0.39, 0.29) is 5.69 Å². The van der Waals surface area contributed by atoms with Crippen LogP contribution in [0.3, 0.4) is 0 Å². The fraction of sp³-hybridized carbons (Fsp3) is 0.231. The summed E-state index contributed by atoms with van der Waals surface area (Å²) >= 11 is 1.40. The molecule has 0 saturated carbocycles. The van der Waals surface area contributed by atoms with E-state index in [0.717, 1.165) is 21.0 Å². The number of carboxylic acid groups (broad SMARTS) is 1. The largest absolute Gasteiger partial charge is 0.476 e. The van der Waals surface area contributed by atoms with Gasteiger partial charge in [-0.05, 0) is 26.0 Å². The van der Waals surface area contributed by atoms with Crippen molar-refractivity contribution in [3.8, 4) is 10.6 Å². The van der Waals surface area contributed by atoms with E-state index in [1.807, 2.05) is 31.2 Å². The molecule has 0 fully saturated rings. The van der Waals surface area contributed by atoms with E-state index in [1.54, 1.807) is 0 Å². The zero-order valence-electron chi connectivity index (χ0n) is 10.0. The van der Waals surface area contributed by atoms with Crippen molar-refractivity contribution >= 4 is 17.3 Å². The Kier molecular flexibility index (Phi) is 3.74. The third kappa shape index (κ3) is 2.57. The molecule has 4 nitrogen and oxygen atoms in total. The van der Waals surface area contributed by atoms with E-state index < -0.39 is 5.97 Å². The van der Waals surface area contributed by atoms with E-state index in [2.05, 4.69) is 4.98 Å². The molecule has 1 aromatic carbocycles. The number of rotatable bonds is 4. The molecular formula is C13H14N2O2S. The summed E-state index contributed by atoms with van der Waals surface area (Å²) in [5, 5.41) is 9.85. The summed E-state index contributed by atoms with van der Waals surface area (Å²) in [4.78, 5) is 16.1. The fourth-order valence-electron chi connectivity index (χ4n) is 1.72. The summed E-state index contributed by atoms with van der Waals surface area (Å²) in [5.74, 6) is -0.992. The molecule has 0 aliphatic rings. The van der Waals surface area contributed by atoms with Crippen molar-refractivity contribution in [1.82, 2.24) is 4.98 Å². The number of aromatic nitrogens is 1. The Morgan fingerprint density at radius 3 is 2.89 bits per heavy atom. The summed E-state index contributed by atoms with van der Waals surface area (Å²) in [6, 6.07) is 7.87. The molecule has 0 aliphatic carbocycles. The first-order valence-electron chi connectivity index (χ1n) is 5.62. The molecule has 18 heavy (non-hydrogen) atoms. The van der Waals surface area contributed by atoms with E-state index in [1.165, 1.54) is 11.3 Å². The maximum Gasteiger partial charge on any atom is 0.355 e. The van der Waals surface area contributed by atoms with Crippen LogP contribution in [0.5, 0.6) is 0 Å². The number of carboxylic acids is 1. The number of carbonyl (C=O) groups is 1. The van der Waals surface area contributed by atoms with Gasteiger partial charge in [-0.15, -0.1) is 11.3 Å². The molecule has 2 aromatic rings. The average molecular weight is 262 g/mol. The number of hydrogen-bond acceptors (Lipinski definition) is 4. The Balaban J connectivity index is 2.46. The molecule has 3 N–H and O–H groups in total. The van der Waals surface area contributed by atoms with Crippen molar-refractivity contribution in [1.29, 1.82) is 0 Å². The van der Waals surface area contributed by atoms with Crippen molar-refractivity contribution in [2.45, 2.75) is 13.3 Å². The Bertz CT molecular complexity index is 578. The van der Waals surface area contributed by atoms with Gasteiger partial charge in [-0.1, -0.05) is 23.8 Å². The molecule has 0 radical (unpaired) electrons. The van der Waals surface area contributed by atoms with Gasteiger partial charge in [0.15, 0.2) is 5.69 Å². The highest BCUT2D eigenvalue weighted by Gasteiger charge is 2.17. The van der Waals surface area contributed by atoms with Crippen LogP contribution in [0, 0.1) is 6.92 Å². The molecule has 5 heteroatoms. The monoisotopic (exact) mass is 262 g/mol. The maximum atomic E-state index is 11.1. The number of thiazole rings is 1. The normalized spacial score (nSPS) is 10.6. The van der Waals surface area contributed by atoms with E-state index in [4.69, 9.17) is 10.8 Å². The zero-order chi connectivity index (χ0) is 13.1. The maximum absolute atomic E-state index is 11.1. The highest BCUT2D eigenvalue weighted by atomic mass is 32.1. The number of aromatic carboxylic acids is 1. The molecule has 0 aliphatic heterocycles. The molecule has 1 heterocycles. The second-order valence-electron chi connectivity index (χ2n) is 4.00. The average Bonchev–Trinajstić information content (AvgIpc) is 2.74. The predicted molar refractivity (Wildman–Crippen MR) is 72.0 cm³/mol. The molecule has 1 aromatic heterocycles. The van der Waals surface area contributed by atoms with Gasteiger partial charge in [-0.25, -0.2) is 9.78 Å². The van der Waals surface area contributed by atoms with Crippen LogP contribution in [0.1, 0.15) is 20.9 Å².